The van der Waals surface area contributed by atoms with Gasteiger partial charge in [-0.05, 0) is 56.0 Å². The van der Waals surface area contributed by atoms with Crippen molar-refractivity contribution in [1.29, 1.82) is 0 Å². The predicted octanol–water partition coefficient (Wildman–Crippen LogP) is 4.62. The topological polar surface area (TPSA) is 32.3 Å². The molecule has 0 radical (unpaired) electrons. The first-order valence-electron chi connectivity index (χ1n) is 8.23. The molecule has 0 unspecified atom stereocenters. The molecular weight excluding hydrogens is 331 g/mol. The Kier molecular flexibility index (Phi) is 6.35. The molecule has 0 saturated carbocycles. The van der Waals surface area contributed by atoms with E-state index in [-0.39, 0.29) is 11.9 Å². The summed E-state index contributed by atoms with van der Waals surface area (Å²) < 4.78 is 0. The molecule has 1 saturated heterocycles. The number of likely N-dealkylation sites (tertiary alicyclic amines) is 1. The molecule has 23 heavy (non-hydrogen) atoms. The lowest BCUT2D eigenvalue weighted by atomic mass is 9.91. The van der Waals surface area contributed by atoms with E-state index in [4.69, 9.17) is 23.2 Å². The quantitative estimate of drug-likeness (QED) is 0.853. The predicted molar refractivity (Wildman–Crippen MR) is 97.5 cm³/mol. The number of halogens is 2. The summed E-state index contributed by atoms with van der Waals surface area (Å²) in [6.07, 6.45) is 3.29. The van der Waals surface area contributed by atoms with Crippen LogP contribution in [0.1, 0.15) is 50.4 Å². The number of hydrogen-bond donors (Lipinski definition) is 1. The highest BCUT2D eigenvalue weighted by Gasteiger charge is 2.23. The molecule has 1 fully saturated rings. The van der Waals surface area contributed by atoms with E-state index < -0.39 is 0 Å². The van der Waals surface area contributed by atoms with E-state index >= 15 is 0 Å². The largest absolute Gasteiger partial charge is 0.348 e. The van der Waals surface area contributed by atoms with Gasteiger partial charge in [-0.1, -0.05) is 44.0 Å². The molecule has 128 valence electrons. The zero-order valence-electron chi connectivity index (χ0n) is 14.2. The average molecular weight is 357 g/mol. The zero-order chi connectivity index (χ0) is 17.0. The summed E-state index contributed by atoms with van der Waals surface area (Å²) in [5.41, 5.74) is 0.829. The Balaban J connectivity index is 1.90. The van der Waals surface area contributed by atoms with Gasteiger partial charge < -0.3 is 10.2 Å². The van der Waals surface area contributed by atoms with Crippen LogP contribution in [-0.4, -0.2) is 36.5 Å². The number of hydrogen-bond acceptors (Lipinski definition) is 2. The molecule has 2 rings (SSSR count). The minimum absolute atomic E-state index is 0.116. The summed E-state index contributed by atoms with van der Waals surface area (Å²) in [6.45, 7) is 9.89. The van der Waals surface area contributed by atoms with Crippen molar-refractivity contribution in [3.05, 3.63) is 33.8 Å². The van der Waals surface area contributed by atoms with Crippen LogP contribution in [0, 0.1) is 5.41 Å². The second-order valence-electron chi connectivity index (χ2n) is 7.55. The van der Waals surface area contributed by atoms with Gasteiger partial charge >= 0.3 is 0 Å². The highest BCUT2D eigenvalue weighted by atomic mass is 35.5. The van der Waals surface area contributed by atoms with Crippen LogP contribution in [0.5, 0.6) is 0 Å². The molecular formula is C18H26Cl2N2O. The fourth-order valence-corrected chi connectivity index (χ4v) is 3.30. The standard InChI is InChI=1S/C18H26Cl2N2O/c1-18(2,3)8-10-22-9-4-5-14(12-22)21-17(23)15-7-6-13(19)11-16(15)20/h6-7,11,14H,4-5,8-10,12H2,1-3H3,(H,21,23)/t14-/m0/s1. The molecule has 1 atom stereocenters. The van der Waals surface area contributed by atoms with E-state index in [9.17, 15) is 4.79 Å². The van der Waals surface area contributed by atoms with Crippen molar-refractivity contribution in [2.45, 2.75) is 46.1 Å². The number of benzene rings is 1. The summed E-state index contributed by atoms with van der Waals surface area (Å²) in [5.74, 6) is -0.116. The van der Waals surface area contributed by atoms with Gasteiger partial charge in [0.25, 0.3) is 5.91 Å². The van der Waals surface area contributed by atoms with Crippen LogP contribution in [0.4, 0.5) is 0 Å². The van der Waals surface area contributed by atoms with E-state index in [1.807, 2.05) is 0 Å². The molecule has 1 aromatic rings. The average Bonchev–Trinajstić information content (AvgIpc) is 2.44. The lowest BCUT2D eigenvalue weighted by molar-refractivity contribution is 0.0898. The second kappa shape index (κ2) is 7.87. The van der Waals surface area contributed by atoms with Crippen LogP contribution in [0.25, 0.3) is 0 Å². The van der Waals surface area contributed by atoms with Crippen LogP contribution < -0.4 is 5.32 Å². The first-order chi connectivity index (χ1) is 10.7. The SMILES string of the molecule is CC(C)(C)CCN1CCC[C@H](NC(=O)c2ccc(Cl)cc2Cl)C1. The first-order valence-corrected chi connectivity index (χ1v) is 8.98. The Hall–Kier alpha value is -0.770. The Morgan fingerprint density at radius 2 is 2.09 bits per heavy atom. The highest BCUT2D eigenvalue weighted by molar-refractivity contribution is 6.36. The van der Waals surface area contributed by atoms with Gasteiger partial charge in [-0.15, -0.1) is 0 Å². The molecule has 1 heterocycles. The van der Waals surface area contributed by atoms with Crippen LogP contribution >= 0.6 is 23.2 Å². The first kappa shape index (κ1) is 18.6. The third kappa shape index (κ3) is 5.98. The number of carbonyl (C=O) groups excluding carboxylic acids is 1. The van der Waals surface area contributed by atoms with Crippen LogP contribution in [0.3, 0.4) is 0 Å². The molecule has 0 spiro atoms. The van der Waals surface area contributed by atoms with Crippen LogP contribution in [-0.2, 0) is 0 Å². The molecule has 3 nitrogen and oxygen atoms in total. The summed E-state index contributed by atoms with van der Waals surface area (Å²) >= 11 is 12.0. The Labute approximate surface area is 149 Å². The van der Waals surface area contributed by atoms with E-state index in [2.05, 4.69) is 31.0 Å². The van der Waals surface area contributed by atoms with Crippen molar-refractivity contribution >= 4 is 29.1 Å². The second-order valence-corrected chi connectivity index (χ2v) is 8.39. The van der Waals surface area contributed by atoms with Gasteiger partial charge in [0.2, 0.25) is 0 Å². The van der Waals surface area contributed by atoms with Crippen molar-refractivity contribution in [3.63, 3.8) is 0 Å². The van der Waals surface area contributed by atoms with Gasteiger partial charge in [0.05, 0.1) is 10.6 Å². The number of nitrogens with zero attached hydrogens (tertiary/aromatic N) is 1. The van der Waals surface area contributed by atoms with Crippen molar-refractivity contribution in [3.8, 4) is 0 Å². The van der Waals surface area contributed by atoms with Crippen LogP contribution in [0.15, 0.2) is 18.2 Å². The number of piperidine rings is 1. The minimum Gasteiger partial charge on any atom is -0.348 e. The Bertz CT molecular complexity index is 554. The fourth-order valence-electron chi connectivity index (χ4n) is 2.81. The van der Waals surface area contributed by atoms with Crippen molar-refractivity contribution in [2.75, 3.05) is 19.6 Å². The summed E-state index contributed by atoms with van der Waals surface area (Å²) in [4.78, 5) is 14.9. The maximum absolute atomic E-state index is 12.4. The molecule has 1 aliphatic rings. The van der Waals surface area contributed by atoms with Gasteiger partial charge in [0.1, 0.15) is 0 Å². The minimum atomic E-state index is -0.116. The van der Waals surface area contributed by atoms with Gasteiger partial charge in [-0.3, -0.25) is 4.79 Å². The lowest BCUT2D eigenvalue weighted by Crippen LogP contribution is -2.48. The summed E-state index contributed by atoms with van der Waals surface area (Å²) in [5, 5.41) is 4.05. The zero-order valence-corrected chi connectivity index (χ0v) is 15.7. The summed E-state index contributed by atoms with van der Waals surface area (Å²) in [6, 6.07) is 5.16. The Morgan fingerprint density at radius 3 is 2.74 bits per heavy atom. The number of nitrogens with one attached hydrogen (secondary N) is 1. The van der Waals surface area contributed by atoms with Crippen molar-refractivity contribution in [1.82, 2.24) is 10.2 Å². The normalized spacial score (nSPS) is 19.6. The molecule has 0 aromatic heterocycles. The van der Waals surface area contributed by atoms with Gasteiger partial charge in [-0.2, -0.15) is 0 Å². The van der Waals surface area contributed by atoms with E-state index in [1.165, 1.54) is 0 Å². The fraction of sp³-hybridized carbons (Fsp3) is 0.611. The molecule has 1 aromatic carbocycles. The number of rotatable bonds is 4. The number of amides is 1. The smallest absolute Gasteiger partial charge is 0.253 e. The molecule has 0 bridgehead atoms. The highest BCUT2D eigenvalue weighted by Crippen LogP contribution is 2.22. The monoisotopic (exact) mass is 356 g/mol. The summed E-state index contributed by atoms with van der Waals surface area (Å²) in [7, 11) is 0. The number of carbonyl (C=O) groups is 1. The maximum atomic E-state index is 12.4. The van der Waals surface area contributed by atoms with E-state index in [1.54, 1.807) is 18.2 Å². The van der Waals surface area contributed by atoms with Crippen molar-refractivity contribution < 1.29 is 4.79 Å². The molecule has 1 N–H and O–H groups in total. The van der Waals surface area contributed by atoms with Crippen LogP contribution in [0.2, 0.25) is 10.0 Å². The van der Waals surface area contributed by atoms with Crippen molar-refractivity contribution in [2.24, 2.45) is 5.41 Å². The third-order valence-corrected chi connectivity index (χ3v) is 4.74. The molecule has 0 aliphatic carbocycles. The third-order valence-electron chi connectivity index (χ3n) is 4.19. The van der Waals surface area contributed by atoms with Gasteiger partial charge in [0.15, 0.2) is 0 Å². The van der Waals surface area contributed by atoms with Gasteiger partial charge in [-0.25, -0.2) is 0 Å². The van der Waals surface area contributed by atoms with Gasteiger partial charge in [0, 0.05) is 17.6 Å². The van der Waals surface area contributed by atoms with E-state index in [0.29, 0.717) is 21.0 Å². The molecule has 1 amide bonds. The maximum Gasteiger partial charge on any atom is 0.253 e. The molecule has 1 aliphatic heterocycles. The lowest BCUT2D eigenvalue weighted by Gasteiger charge is -2.34. The van der Waals surface area contributed by atoms with E-state index in [0.717, 1.165) is 38.9 Å². The molecule has 5 heteroatoms. The Morgan fingerprint density at radius 1 is 1.35 bits per heavy atom.